The molecule has 13 heavy (non-hydrogen) atoms. The van der Waals surface area contributed by atoms with Gasteiger partial charge in [0.05, 0.1) is 13.2 Å². The molecule has 1 aliphatic rings. The number of allylic oxidation sites excluding steroid dienone is 2. The normalized spacial score (nSPS) is 27.2. The van der Waals surface area contributed by atoms with Gasteiger partial charge in [-0.2, -0.15) is 0 Å². The number of aliphatic hydroxyl groups excluding tert-OH is 1. The zero-order valence-electron chi connectivity index (χ0n) is 7.95. The Kier molecular flexibility index (Phi) is 3.48. The third-order valence-corrected chi connectivity index (χ3v) is 2.48. The van der Waals surface area contributed by atoms with E-state index >= 15 is 0 Å². The molecule has 0 saturated carbocycles. The van der Waals surface area contributed by atoms with Crippen molar-refractivity contribution >= 4 is 5.97 Å². The molecule has 1 atom stereocenters. The molecule has 0 fully saturated rings. The van der Waals surface area contributed by atoms with E-state index < -0.39 is 0 Å². The van der Waals surface area contributed by atoms with Gasteiger partial charge in [0.15, 0.2) is 0 Å². The minimum atomic E-state index is -0.276. The van der Waals surface area contributed by atoms with Crippen LogP contribution in [0.2, 0.25) is 0 Å². The monoisotopic (exact) mass is 184 g/mol. The first-order valence-corrected chi connectivity index (χ1v) is 4.58. The Labute approximate surface area is 78.4 Å². The Morgan fingerprint density at radius 3 is 2.85 bits per heavy atom. The topological polar surface area (TPSA) is 46.5 Å². The standard InChI is InChI=1S/C10H16O3/c1-9(12)13-8-10(7-11)5-3-2-4-6-10/h2-3,11H,4-8H2,1H3/t10-/m1/s1. The van der Waals surface area contributed by atoms with Crippen LogP contribution in [0.15, 0.2) is 12.2 Å². The number of esters is 1. The van der Waals surface area contributed by atoms with Crippen LogP contribution >= 0.6 is 0 Å². The average Bonchev–Trinajstić information content (AvgIpc) is 2.16. The van der Waals surface area contributed by atoms with Crippen molar-refractivity contribution in [3.63, 3.8) is 0 Å². The molecule has 0 aliphatic heterocycles. The molecule has 3 nitrogen and oxygen atoms in total. The molecule has 0 bridgehead atoms. The highest BCUT2D eigenvalue weighted by Crippen LogP contribution is 2.32. The van der Waals surface area contributed by atoms with E-state index in [1.165, 1.54) is 6.92 Å². The Balaban J connectivity index is 2.48. The van der Waals surface area contributed by atoms with Crippen molar-refractivity contribution in [2.75, 3.05) is 13.2 Å². The maximum absolute atomic E-state index is 10.6. The summed E-state index contributed by atoms with van der Waals surface area (Å²) in [5.74, 6) is -0.276. The Morgan fingerprint density at radius 1 is 1.62 bits per heavy atom. The first kappa shape index (κ1) is 10.3. The number of ether oxygens (including phenoxy) is 1. The Morgan fingerprint density at radius 2 is 2.38 bits per heavy atom. The Hall–Kier alpha value is -0.830. The van der Waals surface area contributed by atoms with Gasteiger partial charge in [0, 0.05) is 12.3 Å². The molecule has 1 aliphatic carbocycles. The van der Waals surface area contributed by atoms with Crippen LogP contribution in [-0.4, -0.2) is 24.3 Å². The third kappa shape index (κ3) is 2.84. The fourth-order valence-electron chi connectivity index (χ4n) is 1.52. The quantitative estimate of drug-likeness (QED) is 0.530. The molecular weight excluding hydrogens is 168 g/mol. The highest BCUT2D eigenvalue weighted by atomic mass is 16.5. The van der Waals surface area contributed by atoms with Gasteiger partial charge in [-0.1, -0.05) is 12.2 Å². The molecule has 0 spiro atoms. The number of hydrogen-bond acceptors (Lipinski definition) is 3. The van der Waals surface area contributed by atoms with Gasteiger partial charge in [-0.05, 0) is 19.3 Å². The smallest absolute Gasteiger partial charge is 0.302 e. The fraction of sp³-hybridized carbons (Fsp3) is 0.700. The summed E-state index contributed by atoms with van der Waals surface area (Å²) in [5.41, 5.74) is -0.222. The van der Waals surface area contributed by atoms with Gasteiger partial charge < -0.3 is 9.84 Å². The summed E-state index contributed by atoms with van der Waals surface area (Å²) in [6.45, 7) is 1.82. The largest absolute Gasteiger partial charge is 0.465 e. The average molecular weight is 184 g/mol. The lowest BCUT2D eigenvalue weighted by molar-refractivity contribution is -0.145. The Bertz CT molecular complexity index is 210. The summed E-state index contributed by atoms with van der Waals surface area (Å²) < 4.78 is 4.94. The van der Waals surface area contributed by atoms with E-state index in [0.29, 0.717) is 6.61 Å². The van der Waals surface area contributed by atoms with Crippen molar-refractivity contribution in [2.24, 2.45) is 5.41 Å². The van der Waals surface area contributed by atoms with Crippen LogP contribution in [-0.2, 0) is 9.53 Å². The summed E-state index contributed by atoms with van der Waals surface area (Å²) in [7, 11) is 0. The molecular formula is C10H16O3. The lowest BCUT2D eigenvalue weighted by Crippen LogP contribution is -2.32. The predicted molar refractivity (Wildman–Crippen MR) is 49.1 cm³/mol. The first-order chi connectivity index (χ1) is 6.18. The van der Waals surface area contributed by atoms with Crippen LogP contribution in [0.5, 0.6) is 0 Å². The maximum Gasteiger partial charge on any atom is 0.302 e. The van der Waals surface area contributed by atoms with Crippen molar-refractivity contribution in [1.82, 2.24) is 0 Å². The van der Waals surface area contributed by atoms with E-state index in [2.05, 4.69) is 6.08 Å². The predicted octanol–water partition coefficient (Wildman–Crippen LogP) is 1.27. The van der Waals surface area contributed by atoms with Crippen molar-refractivity contribution < 1.29 is 14.6 Å². The van der Waals surface area contributed by atoms with Crippen molar-refractivity contribution in [3.8, 4) is 0 Å². The molecule has 0 heterocycles. The lowest BCUT2D eigenvalue weighted by atomic mass is 9.78. The van der Waals surface area contributed by atoms with E-state index in [9.17, 15) is 9.90 Å². The first-order valence-electron chi connectivity index (χ1n) is 4.58. The van der Waals surface area contributed by atoms with Crippen molar-refractivity contribution in [3.05, 3.63) is 12.2 Å². The second kappa shape index (κ2) is 4.42. The van der Waals surface area contributed by atoms with E-state index in [-0.39, 0.29) is 18.0 Å². The molecule has 0 aromatic heterocycles. The van der Waals surface area contributed by atoms with Crippen molar-refractivity contribution in [1.29, 1.82) is 0 Å². The van der Waals surface area contributed by atoms with Crippen LogP contribution in [0.25, 0.3) is 0 Å². The molecule has 0 radical (unpaired) electrons. The van der Waals surface area contributed by atoms with Gasteiger partial charge in [0.25, 0.3) is 0 Å². The molecule has 74 valence electrons. The van der Waals surface area contributed by atoms with Crippen LogP contribution in [0.1, 0.15) is 26.2 Å². The second-order valence-corrected chi connectivity index (χ2v) is 3.65. The van der Waals surface area contributed by atoms with E-state index in [1.807, 2.05) is 6.08 Å². The molecule has 0 amide bonds. The van der Waals surface area contributed by atoms with Crippen LogP contribution < -0.4 is 0 Å². The molecule has 0 unspecified atom stereocenters. The number of rotatable bonds is 3. The third-order valence-electron chi connectivity index (χ3n) is 2.48. The van der Waals surface area contributed by atoms with E-state index in [0.717, 1.165) is 19.3 Å². The molecule has 1 N–H and O–H groups in total. The number of hydrogen-bond donors (Lipinski definition) is 1. The molecule has 3 heteroatoms. The number of carbonyl (C=O) groups is 1. The lowest BCUT2D eigenvalue weighted by Gasteiger charge is -2.31. The summed E-state index contributed by atoms with van der Waals surface area (Å²) in [4.78, 5) is 10.6. The molecule has 1 rings (SSSR count). The zero-order valence-corrected chi connectivity index (χ0v) is 7.95. The fourth-order valence-corrected chi connectivity index (χ4v) is 1.52. The summed E-state index contributed by atoms with van der Waals surface area (Å²) >= 11 is 0. The van der Waals surface area contributed by atoms with E-state index in [4.69, 9.17) is 4.74 Å². The molecule has 0 saturated heterocycles. The second-order valence-electron chi connectivity index (χ2n) is 3.65. The highest BCUT2D eigenvalue weighted by Gasteiger charge is 2.30. The van der Waals surface area contributed by atoms with Gasteiger partial charge in [0.2, 0.25) is 0 Å². The van der Waals surface area contributed by atoms with Crippen LogP contribution in [0.3, 0.4) is 0 Å². The van der Waals surface area contributed by atoms with Crippen LogP contribution in [0.4, 0.5) is 0 Å². The van der Waals surface area contributed by atoms with Gasteiger partial charge >= 0.3 is 5.97 Å². The van der Waals surface area contributed by atoms with Gasteiger partial charge in [-0.15, -0.1) is 0 Å². The summed E-state index contributed by atoms with van der Waals surface area (Å²) in [5, 5.41) is 9.23. The summed E-state index contributed by atoms with van der Waals surface area (Å²) in [6, 6.07) is 0. The van der Waals surface area contributed by atoms with Gasteiger partial charge in [-0.3, -0.25) is 4.79 Å². The minimum Gasteiger partial charge on any atom is -0.465 e. The minimum absolute atomic E-state index is 0.0879. The van der Waals surface area contributed by atoms with Crippen LogP contribution in [0, 0.1) is 5.41 Å². The van der Waals surface area contributed by atoms with Gasteiger partial charge in [-0.25, -0.2) is 0 Å². The van der Waals surface area contributed by atoms with Crippen molar-refractivity contribution in [2.45, 2.75) is 26.2 Å². The van der Waals surface area contributed by atoms with E-state index in [1.54, 1.807) is 0 Å². The maximum atomic E-state index is 10.6. The molecule has 0 aromatic carbocycles. The number of aliphatic hydroxyl groups is 1. The zero-order chi connectivity index (χ0) is 9.73. The molecule has 0 aromatic rings. The SMILES string of the molecule is CC(=O)OC[C@]1(CO)CC=CCC1. The number of carbonyl (C=O) groups excluding carboxylic acids is 1. The van der Waals surface area contributed by atoms with Gasteiger partial charge in [0.1, 0.15) is 0 Å². The highest BCUT2D eigenvalue weighted by molar-refractivity contribution is 5.65. The summed E-state index contributed by atoms with van der Waals surface area (Å²) in [6.07, 6.45) is 6.80.